The Kier molecular flexibility index (Phi) is 9.17. The maximum Gasteiger partial charge on any atom is 0.258 e. The van der Waals surface area contributed by atoms with Crippen molar-refractivity contribution in [2.45, 2.75) is 91.5 Å². The molecule has 2 atom stereocenters. The van der Waals surface area contributed by atoms with Crippen molar-refractivity contribution < 1.29 is 23.9 Å². The number of benzene rings is 1. The predicted octanol–water partition coefficient (Wildman–Crippen LogP) is 4.49. The van der Waals surface area contributed by atoms with Gasteiger partial charge in [0.15, 0.2) is 5.67 Å². The first kappa shape index (κ1) is 29.5. The Hall–Kier alpha value is -3.01. The second-order valence-electron chi connectivity index (χ2n) is 10.8. The monoisotopic (exact) mass is 546 g/mol. The average Bonchev–Trinajstić information content (AvgIpc) is 3.25. The fourth-order valence-corrected chi connectivity index (χ4v) is 5.25. The molecule has 4 rings (SSSR count). The van der Waals surface area contributed by atoms with Gasteiger partial charge in [0.2, 0.25) is 11.8 Å². The molecule has 1 aliphatic heterocycles. The van der Waals surface area contributed by atoms with Crippen molar-refractivity contribution in [1.29, 1.82) is 0 Å². The van der Waals surface area contributed by atoms with Crippen LogP contribution in [-0.4, -0.2) is 57.0 Å². The van der Waals surface area contributed by atoms with Crippen molar-refractivity contribution in [3.05, 3.63) is 35.0 Å². The van der Waals surface area contributed by atoms with Gasteiger partial charge >= 0.3 is 0 Å². The zero-order chi connectivity index (χ0) is 28.3. The lowest BCUT2D eigenvalue weighted by Crippen LogP contribution is -2.58. The molecule has 1 saturated carbocycles. The number of hydrogen-bond donors (Lipinski definition) is 3. The minimum Gasteiger partial charge on any atom is -0.508 e. The van der Waals surface area contributed by atoms with Crippen molar-refractivity contribution in [2.75, 3.05) is 6.54 Å². The molecule has 3 amide bonds. The summed E-state index contributed by atoms with van der Waals surface area (Å²) in [5, 5.41) is 16.0. The van der Waals surface area contributed by atoms with E-state index in [2.05, 4.69) is 15.6 Å². The average molecular weight is 547 g/mol. The van der Waals surface area contributed by atoms with Crippen molar-refractivity contribution in [3.63, 3.8) is 0 Å². The van der Waals surface area contributed by atoms with Gasteiger partial charge in [0.25, 0.3) is 5.91 Å². The number of phenolic OH excluding ortho intramolecular Hbond substituents is 1. The van der Waals surface area contributed by atoms with Gasteiger partial charge in [-0.15, -0.1) is 11.3 Å². The molecule has 1 aliphatic carbocycles. The quantitative estimate of drug-likeness (QED) is 0.474. The highest BCUT2D eigenvalue weighted by molar-refractivity contribution is 7.13. The highest BCUT2D eigenvalue weighted by Crippen LogP contribution is 2.40. The van der Waals surface area contributed by atoms with Gasteiger partial charge in [0.05, 0.1) is 16.1 Å². The molecular weight excluding hydrogens is 507 g/mol. The smallest absolute Gasteiger partial charge is 0.258 e. The molecular formula is C28H39FN4O4S. The van der Waals surface area contributed by atoms with Gasteiger partial charge in [-0.25, -0.2) is 9.37 Å². The Morgan fingerprint density at radius 1 is 1.26 bits per heavy atom. The molecule has 2 unspecified atom stereocenters. The van der Waals surface area contributed by atoms with Crippen LogP contribution in [0.25, 0.3) is 10.4 Å². The van der Waals surface area contributed by atoms with Crippen LogP contribution in [0.3, 0.4) is 0 Å². The predicted molar refractivity (Wildman–Crippen MR) is 146 cm³/mol. The molecule has 2 heterocycles. The van der Waals surface area contributed by atoms with Gasteiger partial charge in [-0.05, 0) is 49.7 Å². The van der Waals surface area contributed by atoms with E-state index in [-0.39, 0.29) is 37.0 Å². The first-order chi connectivity index (χ1) is 17.9. The van der Waals surface area contributed by atoms with E-state index in [1.165, 1.54) is 16.2 Å². The topological polar surface area (TPSA) is 112 Å². The summed E-state index contributed by atoms with van der Waals surface area (Å²) in [6.07, 6.45) is 1.47. The molecule has 2 aromatic rings. The number of amides is 3. The molecule has 0 spiro atoms. The van der Waals surface area contributed by atoms with E-state index < -0.39 is 29.1 Å². The zero-order valence-electron chi connectivity index (χ0n) is 23.1. The van der Waals surface area contributed by atoms with E-state index in [0.29, 0.717) is 24.9 Å². The number of alkyl halides is 1. The summed E-state index contributed by atoms with van der Waals surface area (Å²) in [6.45, 7) is 11.8. The molecule has 2 fully saturated rings. The number of aromatic hydroxyl groups is 1. The minimum atomic E-state index is -1.89. The third-order valence-corrected chi connectivity index (χ3v) is 7.85. The molecule has 2 aliphatic rings. The van der Waals surface area contributed by atoms with E-state index >= 15 is 0 Å². The first-order valence-electron chi connectivity index (χ1n) is 13.2. The Morgan fingerprint density at radius 2 is 1.95 bits per heavy atom. The standard InChI is InChI=1S/C26H33FN4O4S.C2H6/c1-15-20(36-14-29-15)16-7-8-17(19(32)12-16)13-28-22(33)18-6-5-11-31(18)23(34)21(25(2,3)4)30-24(35)26(27)9-10-26;1-2/h7-8,12,14,18,21,32H,5-6,9-11,13H2,1-4H3,(H,28,33)(H,30,35);1-2H3. The highest BCUT2D eigenvalue weighted by atomic mass is 32.1. The van der Waals surface area contributed by atoms with E-state index in [9.17, 15) is 23.9 Å². The maximum atomic E-state index is 14.3. The Morgan fingerprint density at radius 3 is 2.50 bits per heavy atom. The zero-order valence-corrected chi connectivity index (χ0v) is 23.9. The molecule has 208 valence electrons. The molecule has 38 heavy (non-hydrogen) atoms. The number of carbonyl (C=O) groups is 3. The number of aryl methyl sites for hydroxylation is 1. The number of hydrogen-bond acceptors (Lipinski definition) is 6. The number of rotatable bonds is 7. The van der Waals surface area contributed by atoms with Crippen LogP contribution in [0.1, 0.15) is 71.6 Å². The second-order valence-corrected chi connectivity index (χ2v) is 11.6. The lowest BCUT2D eigenvalue weighted by Gasteiger charge is -2.35. The normalized spacial score (nSPS) is 18.7. The number of thiazole rings is 1. The Labute approximate surface area is 228 Å². The van der Waals surface area contributed by atoms with Crippen LogP contribution in [0.15, 0.2) is 23.7 Å². The second kappa shape index (κ2) is 11.8. The summed E-state index contributed by atoms with van der Waals surface area (Å²) >= 11 is 1.49. The molecule has 1 aromatic carbocycles. The number of likely N-dealkylation sites (tertiary alicyclic amines) is 1. The molecule has 8 nitrogen and oxygen atoms in total. The SMILES string of the molecule is CC.Cc1ncsc1-c1ccc(CNC(=O)C2CCCN2C(=O)C(NC(=O)C2(F)CC2)C(C)(C)C)c(O)c1. The fourth-order valence-electron chi connectivity index (χ4n) is 4.45. The van der Waals surface area contributed by atoms with Crippen molar-refractivity contribution in [3.8, 4) is 16.2 Å². The number of nitrogens with zero attached hydrogens (tertiary/aromatic N) is 2. The van der Waals surface area contributed by atoms with E-state index in [4.69, 9.17) is 0 Å². The van der Waals surface area contributed by atoms with Crippen molar-refractivity contribution >= 4 is 29.1 Å². The van der Waals surface area contributed by atoms with Crippen LogP contribution >= 0.6 is 11.3 Å². The van der Waals surface area contributed by atoms with Crippen LogP contribution in [-0.2, 0) is 20.9 Å². The summed E-state index contributed by atoms with van der Waals surface area (Å²) in [7, 11) is 0. The molecule has 1 saturated heterocycles. The molecule has 0 radical (unpaired) electrons. The van der Waals surface area contributed by atoms with E-state index in [1.807, 2.05) is 26.8 Å². The van der Waals surface area contributed by atoms with Gasteiger partial charge in [0.1, 0.15) is 17.8 Å². The van der Waals surface area contributed by atoms with Crippen LogP contribution in [0.5, 0.6) is 5.75 Å². The molecule has 1 aromatic heterocycles. The molecule has 10 heteroatoms. The summed E-state index contributed by atoms with van der Waals surface area (Å²) in [5.41, 5.74) is 1.50. The summed E-state index contributed by atoms with van der Waals surface area (Å²) in [4.78, 5) is 45.6. The van der Waals surface area contributed by atoms with E-state index in [1.54, 1.807) is 38.4 Å². The van der Waals surface area contributed by atoms with Gasteiger partial charge in [-0.2, -0.15) is 0 Å². The van der Waals surface area contributed by atoms with E-state index in [0.717, 1.165) is 16.1 Å². The van der Waals surface area contributed by atoms with Crippen LogP contribution in [0.2, 0.25) is 0 Å². The number of nitrogens with one attached hydrogen (secondary N) is 2. The number of aromatic nitrogens is 1. The highest BCUT2D eigenvalue weighted by Gasteiger charge is 2.53. The number of phenols is 1. The van der Waals surface area contributed by atoms with Crippen molar-refractivity contribution in [2.24, 2.45) is 5.41 Å². The Bertz CT molecular complexity index is 1170. The van der Waals surface area contributed by atoms with Gasteiger partial charge in [-0.3, -0.25) is 14.4 Å². The van der Waals surface area contributed by atoms with Crippen LogP contribution in [0, 0.1) is 12.3 Å². The summed E-state index contributed by atoms with van der Waals surface area (Å²) < 4.78 is 14.3. The third kappa shape index (κ3) is 6.51. The lowest BCUT2D eigenvalue weighted by atomic mass is 9.85. The number of carbonyl (C=O) groups excluding carboxylic acids is 3. The molecule has 0 bridgehead atoms. The van der Waals surface area contributed by atoms with Crippen molar-refractivity contribution in [1.82, 2.24) is 20.5 Å². The largest absolute Gasteiger partial charge is 0.508 e. The van der Waals surface area contributed by atoms with Gasteiger partial charge in [0, 0.05) is 18.7 Å². The summed E-state index contributed by atoms with van der Waals surface area (Å²) in [6, 6.07) is 3.65. The Balaban J connectivity index is 0.00000195. The third-order valence-electron chi connectivity index (χ3n) is 6.87. The fraction of sp³-hybridized carbons (Fsp3) is 0.571. The molecule has 3 N–H and O–H groups in total. The van der Waals surface area contributed by atoms with Gasteiger partial charge < -0.3 is 20.6 Å². The lowest BCUT2D eigenvalue weighted by molar-refractivity contribution is -0.144. The van der Waals surface area contributed by atoms with Crippen LogP contribution < -0.4 is 10.6 Å². The summed E-state index contributed by atoms with van der Waals surface area (Å²) in [5.74, 6) is -1.41. The maximum absolute atomic E-state index is 14.3. The van der Waals surface area contributed by atoms with Gasteiger partial charge in [-0.1, -0.05) is 46.8 Å². The van der Waals surface area contributed by atoms with Crippen LogP contribution in [0.4, 0.5) is 4.39 Å². The minimum absolute atomic E-state index is 0.0655. The first-order valence-corrected chi connectivity index (χ1v) is 14.1. The number of halogens is 1.